The van der Waals surface area contributed by atoms with E-state index in [4.69, 9.17) is 23.2 Å². The lowest BCUT2D eigenvalue weighted by Gasteiger charge is -1.99. The fourth-order valence-corrected chi connectivity index (χ4v) is 3.72. The third kappa shape index (κ3) is 3.63. The number of fused-ring (bicyclic) bond motifs is 1. The highest BCUT2D eigenvalue weighted by Crippen LogP contribution is 2.34. The van der Waals surface area contributed by atoms with E-state index >= 15 is 0 Å². The van der Waals surface area contributed by atoms with Crippen molar-refractivity contribution in [2.75, 3.05) is 0 Å². The van der Waals surface area contributed by atoms with Crippen LogP contribution >= 0.6 is 34.5 Å². The molecule has 1 amide bonds. The number of rotatable bonds is 4. The van der Waals surface area contributed by atoms with Crippen molar-refractivity contribution >= 4 is 62.4 Å². The van der Waals surface area contributed by atoms with Crippen molar-refractivity contribution in [3.05, 3.63) is 73.1 Å². The van der Waals surface area contributed by atoms with Crippen LogP contribution in [0.5, 0.6) is 0 Å². The molecule has 126 valence electrons. The number of carbonyl (C=O) groups is 1. The predicted molar refractivity (Wildman–Crippen MR) is 100 cm³/mol. The van der Waals surface area contributed by atoms with Crippen LogP contribution < -0.4 is 5.43 Å². The van der Waals surface area contributed by atoms with Gasteiger partial charge in [0.25, 0.3) is 11.6 Å². The second-order valence-corrected chi connectivity index (χ2v) is 6.75. The van der Waals surface area contributed by atoms with Gasteiger partial charge in [-0.25, -0.2) is 5.43 Å². The lowest BCUT2D eigenvalue weighted by atomic mass is 10.2. The molecular weight excluding hydrogens is 385 g/mol. The Kier molecular flexibility index (Phi) is 4.98. The van der Waals surface area contributed by atoms with Gasteiger partial charge in [-0.3, -0.25) is 14.9 Å². The number of thiophene rings is 1. The molecular formula is C16H9Cl2N3O3S. The molecule has 0 spiro atoms. The smallest absolute Gasteiger partial charge is 0.266 e. The molecule has 25 heavy (non-hydrogen) atoms. The van der Waals surface area contributed by atoms with Crippen LogP contribution in [0.15, 0.2) is 47.6 Å². The van der Waals surface area contributed by atoms with E-state index in [2.05, 4.69) is 10.5 Å². The molecule has 0 bridgehead atoms. The number of nitro benzene ring substituents is 1. The normalized spacial score (nSPS) is 11.1. The Labute approximate surface area is 155 Å². The van der Waals surface area contributed by atoms with E-state index in [1.807, 2.05) is 24.3 Å². The number of hydrogen-bond donors (Lipinski definition) is 1. The summed E-state index contributed by atoms with van der Waals surface area (Å²) in [5, 5.41) is 15.9. The molecule has 0 aliphatic carbocycles. The predicted octanol–water partition coefficient (Wildman–Crippen LogP) is 4.88. The van der Waals surface area contributed by atoms with E-state index in [1.54, 1.807) is 6.07 Å². The summed E-state index contributed by atoms with van der Waals surface area (Å²) < 4.78 is 0.898. The lowest BCUT2D eigenvalue weighted by molar-refractivity contribution is -0.384. The summed E-state index contributed by atoms with van der Waals surface area (Å²) in [5.74, 6) is -0.453. The first-order valence-electron chi connectivity index (χ1n) is 6.91. The molecule has 0 aliphatic heterocycles. The summed E-state index contributed by atoms with van der Waals surface area (Å²) in [4.78, 5) is 22.8. The van der Waals surface area contributed by atoms with Crippen LogP contribution in [0.4, 0.5) is 5.69 Å². The Morgan fingerprint density at radius 3 is 2.72 bits per heavy atom. The molecule has 0 saturated heterocycles. The minimum absolute atomic E-state index is 0.0308. The summed E-state index contributed by atoms with van der Waals surface area (Å²) in [6.45, 7) is 0. The SMILES string of the molecule is O=C(N/N=C\c1ccc(Cl)c([N+](=O)[O-])c1)c1sc2ccccc2c1Cl. The van der Waals surface area contributed by atoms with Gasteiger partial charge in [0.05, 0.1) is 16.2 Å². The standard InChI is InChI=1S/C16H9Cl2N3O3S/c17-11-6-5-9(7-12(11)21(23)24)8-19-20-16(22)15-14(18)10-3-1-2-4-13(10)25-15/h1-8H,(H,20,22)/b19-8-. The summed E-state index contributed by atoms with van der Waals surface area (Å²) in [7, 11) is 0. The van der Waals surface area contributed by atoms with Gasteiger partial charge in [0.2, 0.25) is 0 Å². The minimum Gasteiger partial charge on any atom is -0.266 e. The molecule has 0 radical (unpaired) electrons. The largest absolute Gasteiger partial charge is 0.288 e. The summed E-state index contributed by atoms with van der Waals surface area (Å²) >= 11 is 13.2. The van der Waals surface area contributed by atoms with E-state index in [1.165, 1.54) is 29.7 Å². The monoisotopic (exact) mass is 393 g/mol. The zero-order chi connectivity index (χ0) is 18.0. The topological polar surface area (TPSA) is 84.6 Å². The van der Waals surface area contributed by atoms with Crippen LogP contribution in [0.25, 0.3) is 10.1 Å². The Morgan fingerprint density at radius 2 is 2.00 bits per heavy atom. The molecule has 0 saturated carbocycles. The molecule has 1 heterocycles. The zero-order valence-electron chi connectivity index (χ0n) is 12.4. The van der Waals surface area contributed by atoms with Crippen LogP contribution in [0, 0.1) is 10.1 Å². The third-order valence-electron chi connectivity index (χ3n) is 3.29. The van der Waals surface area contributed by atoms with Crippen molar-refractivity contribution in [2.45, 2.75) is 0 Å². The number of benzene rings is 2. The van der Waals surface area contributed by atoms with Gasteiger partial charge < -0.3 is 0 Å². The Hall–Kier alpha value is -2.48. The lowest BCUT2D eigenvalue weighted by Crippen LogP contribution is -2.16. The quantitative estimate of drug-likeness (QED) is 0.389. The van der Waals surface area contributed by atoms with Gasteiger partial charge in [0.1, 0.15) is 9.90 Å². The number of nitro groups is 1. The molecule has 1 aromatic heterocycles. The van der Waals surface area contributed by atoms with Gasteiger partial charge >= 0.3 is 0 Å². The van der Waals surface area contributed by atoms with Gasteiger partial charge in [-0.1, -0.05) is 47.5 Å². The number of hydrazone groups is 1. The van der Waals surface area contributed by atoms with Crippen molar-refractivity contribution in [2.24, 2.45) is 5.10 Å². The van der Waals surface area contributed by atoms with Crippen LogP contribution in [-0.2, 0) is 0 Å². The Balaban J connectivity index is 1.77. The number of amides is 1. The highest BCUT2D eigenvalue weighted by Gasteiger charge is 2.16. The molecule has 0 fully saturated rings. The van der Waals surface area contributed by atoms with E-state index in [9.17, 15) is 14.9 Å². The molecule has 0 atom stereocenters. The molecule has 1 N–H and O–H groups in total. The van der Waals surface area contributed by atoms with Gasteiger partial charge in [0, 0.05) is 21.7 Å². The first kappa shape index (κ1) is 17.3. The van der Waals surface area contributed by atoms with E-state index in [0.29, 0.717) is 15.5 Å². The molecule has 6 nitrogen and oxygen atoms in total. The number of nitrogens with one attached hydrogen (secondary N) is 1. The van der Waals surface area contributed by atoms with Crippen LogP contribution in [-0.4, -0.2) is 17.0 Å². The molecule has 3 aromatic rings. The maximum atomic E-state index is 12.2. The van der Waals surface area contributed by atoms with E-state index in [0.717, 1.165) is 10.1 Å². The van der Waals surface area contributed by atoms with Crippen LogP contribution in [0.3, 0.4) is 0 Å². The highest BCUT2D eigenvalue weighted by molar-refractivity contribution is 7.21. The van der Waals surface area contributed by atoms with Crippen molar-refractivity contribution in [3.8, 4) is 0 Å². The number of nitrogens with zero attached hydrogens (tertiary/aromatic N) is 2. The Morgan fingerprint density at radius 1 is 1.24 bits per heavy atom. The number of carbonyl (C=O) groups excluding carboxylic acids is 1. The fourth-order valence-electron chi connectivity index (χ4n) is 2.13. The number of hydrogen-bond acceptors (Lipinski definition) is 5. The summed E-state index contributed by atoms with van der Waals surface area (Å²) in [6.07, 6.45) is 1.29. The molecule has 2 aromatic carbocycles. The van der Waals surface area contributed by atoms with E-state index < -0.39 is 10.8 Å². The molecule has 3 rings (SSSR count). The van der Waals surface area contributed by atoms with Gasteiger partial charge in [-0.05, 0) is 12.1 Å². The fraction of sp³-hybridized carbons (Fsp3) is 0. The molecule has 0 aliphatic rings. The molecule has 9 heteroatoms. The second-order valence-electron chi connectivity index (χ2n) is 4.91. The molecule has 0 unspecified atom stereocenters. The van der Waals surface area contributed by atoms with Crippen molar-refractivity contribution in [1.82, 2.24) is 5.43 Å². The van der Waals surface area contributed by atoms with Crippen LogP contribution in [0.2, 0.25) is 10.0 Å². The summed E-state index contributed by atoms with van der Waals surface area (Å²) in [5.41, 5.74) is 2.56. The first-order valence-corrected chi connectivity index (χ1v) is 8.49. The van der Waals surface area contributed by atoms with Gasteiger partial charge in [-0.2, -0.15) is 5.10 Å². The van der Waals surface area contributed by atoms with Gasteiger partial charge in [0.15, 0.2) is 0 Å². The number of halogens is 2. The average Bonchev–Trinajstić information content (AvgIpc) is 2.93. The van der Waals surface area contributed by atoms with Crippen molar-refractivity contribution in [3.63, 3.8) is 0 Å². The van der Waals surface area contributed by atoms with Crippen LogP contribution in [0.1, 0.15) is 15.2 Å². The summed E-state index contributed by atoms with van der Waals surface area (Å²) in [6, 6.07) is 11.6. The van der Waals surface area contributed by atoms with E-state index in [-0.39, 0.29) is 10.7 Å². The first-order chi connectivity index (χ1) is 12.0. The zero-order valence-corrected chi connectivity index (χ0v) is 14.7. The average molecular weight is 394 g/mol. The third-order valence-corrected chi connectivity index (χ3v) is 5.28. The maximum absolute atomic E-state index is 12.2. The maximum Gasteiger partial charge on any atom is 0.288 e. The van der Waals surface area contributed by atoms with Gasteiger partial charge in [-0.15, -0.1) is 11.3 Å². The van der Waals surface area contributed by atoms with Crippen molar-refractivity contribution in [1.29, 1.82) is 0 Å². The Bertz CT molecular complexity index is 1020. The van der Waals surface area contributed by atoms with Crippen molar-refractivity contribution < 1.29 is 9.72 Å². The minimum atomic E-state index is -0.588. The highest BCUT2D eigenvalue weighted by atomic mass is 35.5. The second kappa shape index (κ2) is 7.18.